The Balaban J connectivity index is 3.50. The van der Waals surface area contributed by atoms with E-state index in [1.165, 1.54) is 6.08 Å². The van der Waals surface area contributed by atoms with Crippen molar-refractivity contribution in [3.63, 3.8) is 0 Å². The van der Waals surface area contributed by atoms with Gasteiger partial charge in [-0.3, -0.25) is 9.59 Å². The van der Waals surface area contributed by atoms with Gasteiger partial charge in [0.15, 0.2) is 5.78 Å². The highest BCUT2D eigenvalue weighted by Gasteiger charge is 1.98. The fourth-order valence-electron chi connectivity index (χ4n) is 0.516. The topological polar surface area (TPSA) is 60.2 Å². The van der Waals surface area contributed by atoms with Crippen molar-refractivity contribution < 1.29 is 9.59 Å². The summed E-state index contributed by atoms with van der Waals surface area (Å²) in [5.74, 6) is -0.487. The molecule has 0 spiro atoms. The lowest BCUT2D eigenvalue weighted by Gasteiger charge is -1.89. The molecular formula is C7H11NO2. The predicted molar refractivity (Wildman–Crippen MR) is 38.2 cm³/mol. The molecule has 0 bridgehead atoms. The summed E-state index contributed by atoms with van der Waals surface area (Å²) >= 11 is 0. The third-order valence-electron chi connectivity index (χ3n) is 0.970. The smallest absolute Gasteiger partial charge is 0.217 e. The highest BCUT2D eigenvalue weighted by atomic mass is 16.1. The molecule has 0 aromatic heterocycles. The van der Waals surface area contributed by atoms with Crippen LogP contribution in [-0.2, 0) is 9.59 Å². The summed E-state index contributed by atoms with van der Waals surface area (Å²) in [5, 5.41) is 0. The van der Waals surface area contributed by atoms with Crippen molar-refractivity contribution in [3.05, 3.63) is 12.2 Å². The zero-order chi connectivity index (χ0) is 7.98. The largest absolute Gasteiger partial charge is 0.370 e. The van der Waals surface area contributed by atoms with Crippen molar-refractivity contribution in [2.24, 2.45) is 5.73 Å². The van der Waals surface area contributed by atoms with Gasteiger partial charge in [-0.05, 0) is 13.0 Å². The van der Waals surface area contributed by atoms with Crippen LogP contribution in [0.15, 0.2) is 12.2 Å². The van der Waals surface area contributed by atoms with Gasteiger partial charge < -0.3 is 5.73 Å². The van der Waals surface area contributed by atoms with Gasteiger partial charge in [0.05, 0.1) is 0 Å². The van der Waals surface area contributed by atoms with Crippen LogP contribution in [0.2, 0.25) is 0 Å². The quantitative estimate of drug-likeness (QED) is 0.576. The van der Waals surface area contributed by atoms with Crippen LogP contribution in [0.25, 0.3) is 0 Å². The minimum atomic E-state index is -0.433. The van der Waals surface area contributed by atoms with Gasteiger partial charge in [0.25, 0.3) is 0 Å². The molecule has 0 radical (unpaired) electrons. The van der Waals surface area contributed by atoms with E-state index in [4.69, 9.17) is 5.73 Å². The van der Waals surface area contributed by atoms with Gasteiger partial charge in [0, 0.05) is 12.8 Å². The van der Waals surface area contributed by atoms with Crippen LogP contribution in [0.4, 0.5) is 0 Å². The Morgan fingerprint density at radius 3 is 2.40 bits per heavy atom. The fourth-order valence-corrected chi connectivity index (χ4v) is 0.516. The number of primary amides is 1. The summed E-state index contributed by atoms with van der Waals surface area (Å²) in [5.41, 5.74) is 4.82. The van der Waals surface area contributed by atoms with E-state index in [0.717, 1.165) is 0 Å². The third-order valence-corrected chi connectivity index (χ3v) is 0.970. The van der Waals surface area contributed by atoms with Gasteiger partial charge in [-0.1, -0.05) is 6.08 Å². The standard InChI is InChI=1S/C7H11NO2/c1-2-3-6(9)4-5-7(8)10/h2-3H,4-5H2,1H3,(H2,8,10). The Hall–Kier alpha value is -1.12. The monoisotopic (exact) mass is 141 g/mol. The Morgan fingerprint density at radius 2 is 2.00 bits per heavy atom. The van der Waals surface area contributed by atoms with Crippen molar-refractivity contribution in [3.8, 4) is 0 Å². The molecule has 0 unspecified atom stereocenters. The van der Waals surface area contributed by atoms with Crippen LogP contribution in [-0.4, -0.2) is 11.7 Å². The first-order valence-electron chi connectivity index (χ1n) is 3.10. The first-order valence-corrected chi connectivity index (χ1v) is 3.10. The second kappa shape index (κ2) is 4.73. The van der Waals surface area contributed by atoms with E-state index >= 15 is 0 Å². The second-order valence-electron chi connectivity index (χ2n) is 1.93. The molecule has 0 aromatic rings. The molecular weight excluding hydrogens is 130 g/mol. The molecule has 10 heavy (non-hydrogen) atoms. The van der Waals surface area contributed by atoms with Crippen molar-refractivity contribution in [1.82, 2.24) is 0 Å². The number of ketones is 1. The highest BCUT2D eigenvalue weighted by Crippen LogP contribution is 1.90. The Morgan fingerprint density at radius 1 is 1.40 bits per heavy atom. The van der Waals surface area contributed by atoms with E-state index in [-0.39, 0.29) is 18.6 Å². The summed E-state index contributed by atoms with van der Waals surface area (Å²) < 4.78 is 0. The molecule has 0 saturated heterocycles. The molecule has 0 aliphatic rings. The van der Waals surface area contributed by atoms with Crippen molar-refractivity contribution in [1.29, 1.82) is 0 Å². The number of allylic oxidation sites excluding steroid dienone is 2. The summed E-state index contributed by atoms with van der Waals surface area (Å²) in [7, 11) is 0. The average Bonchev–Trinajstić information content (AvgIpc) is 1.85. The molecule has 3 heteroatoms. The van der Waals surface area contributed by atoms with Crippen molar-refractivity contribution in [2.45, 2.75) is 19.8 Å². The minimum Gasteiger partial charge on any atom is -0.370 e. The van der Waals surface area contributed by atoms with E-state index < -0.39 is 5.91 Å². The first-order chi connectivity index (χ1) is 4.66. The minimum absolute atomic E-state index is 0.0544. The molecule has 0 fully saturated rings. The SMILES string of the molecule is CC=CC(=O)CCC(N)=O. The van der Waals surface area contributed by atoms with E-state index in [9.17, 15) is 9.59 Å². The molecule has 0 rings (SSSR count). The number of carbonyl (C=O) groups excluding carboxylic acids is 2. The fraction of sp³-hybridized carbons (Fsp3) is 0.429. The summed E-state index contributed by atoms with van der Waals surface area (Å²) in [6.45, 7) is 1.75. The lowest BCUT2D eigenvalue weighted by molar-refractivity contribution is -0.121. The summed E-state index contributed by atoms with van der Waals surface area (Å²) in [6.07, 6.45) is 3.44. The predicted octanol–water partition coefficient (Wildman–Crippen LogP) is 0.397. The van der Waals surface area contributed by atoms with Gasteiger partial charge in [0.1, 0.15) is 0 Å². The maximum Gasteiger partial charge on any atom is 0.217 e. The molecule has 0 saturated carbocycles. The summed E-state index contributed by atoms with van der Waals surface area (Å²) in [4.78, 5) is 20.8. The zero-order valence-electron chi connectivity index (χ0n) is 5.96. The Bertz CT molecular complexity index is 161. The van der Waals surface area contributed by atoms with Gasteiger partial charge in [-0.25, -0.2) is 0 Å². The van der Waals surface area contributed by atoms with Crippen LogP contribution in [0.3, 0.4) is 0 Å². The molecule has 0 heterocycles. The van der Waals surface area contributed by atoms with Gasteiger partial charge >= 0.3 is 0 Å². The van der Waals surface area contributed by atoms with Gasteiger partial charge in [-0.2, -0.15) is 0 Å². The van der Waals surface area contributed by atoms with Gasteiger partial charge in [-0.15, -0.1) is 0 Å². The van der Waals surface area contributed by atoms with Crippen LogP contribution < -0.4 is 5.73 Å². The normalized spacial score (nSPS) is 10.1. The van der Waals surface area contributed by atoms with Crippen molar-refractivity contribution in [2.75, 3.05) is 0 Å². The van der Waals surface area contributed by atoms with E-state index in [2.05, 4.69) is 0 Å². The molecule has 2 N–H and O–H groups in total. The van der Waals surface area contributed by atoms with E-state index in [1.807, 2.05) is 0 Å². The average molecular weight is 141 g/mol. The summed E-state index contributed by atoms with van der Waals surface area (Å²) in [6, 6.07) is 0. The number of nitrogens with two attached hydrogens (primary N) is 1. The zero-order valence-corrected chi connectivity index (χ0v) is 5.96. The first kappa shape index (κ1) is 8.88. The Labute approximate surface area is 59.9 Å². The lowest BCUT2D eigenvalue weighted by atomic mass is 10.2. The van der Waals surface area contributed by atoms with Gasteiger partial charge in [0.2, 0.25) is 5.91 Å². The number of carbonyl (C=O) groups is 2. The van der Waals surface area contributed by atoms with Crippen molar-refractivity contribution >= 4 is 11.7 Å². The third kappa shape index (κ3) is 5.03. The molecule has 3 nitrogen and oxygen atoms in total. The molecule has 0 aliphatic heterocycles. The van der Waals surface area contributed by atoms with E-state index in [0.29, 0.717) is 0 Å². The lowest BCUT2D eigenvalue weighted by Crippen LogP contribution is -2.11. The maximum atomic E-state index is 10.7. The second-order valence-corrected chi connectivity index (χ2v) is 1.93. The molecule has 0 aliphatic carbocycles. The molecule has 56 valence electrons. The maximum absolute atomic E-state index is 10.7. The van der Waals surface area contributed by atoms with Crippen LogP contribution in [0.5, 0.6) is 0 Å². The Kier molecular flexibility index (Phi) is 4.20. The molecule has 0 aromatic carbocycles. The molecule has 1 amide bonds. The number of amides is 1. The number of rotatable bonds is 4. The van der Waals surface area contributed by atoms with Crippen LogP contribution in [0, 0.1) is 0 Å². The van der Waals surface area contributed by atoms with Crippen LogP contribution >= 0.6 is 0 Å². The number of hydrogen-bond acceptors (Lipinski definition) is 2. The van der Waals surface area contributed by atoms with Crippen LogP contribution in [0.1, 0.15) is 19.8 Å². The highest BCUT2D eigenvalue weighted by molar-refractivity contribution is 5.92. The van der Waals surface area contributed by atoms with E-state index in [1.54, 1.807) is 13.0 Å². The molecule has 0 atom stereocenters. The number of hydrogen-bond donors (Lipinski definition) is 1.